The number of rotatable bonds is 10. The van der Waals surface area contributed by atoms with Gasteiger partial charge in [0, 0.05) is 0 Å². The van der Waals surface area contributed by atoms with Gasteiger partial charge >= 0.3 is 11.9 Å². The van der Waals surface area contributed by atoms with Crippen molar-refractivity contribution in [1.82, 2.24) is 0 Å². The Hall–Kier alpha value is -3.02. The van der Waals surface area contributed by atoms with E-state index in [0.717, 1.165) is 24.3 Å². The molecule has 0 radical (unpaired) electrons. The van der Waals surface area contributed by atoms with E-state index < -0.39 is 0 Å². The predicted octanol–water partition coefficient (Wildman–Crippen LogP) is 5.50. The Morgan fingerprint density at radius 2 is 0.971 bits per heavy atom. The van der Waals surface area contributed by atoms with Crippen LogP contribution in [-0.2, 0) is 19.1 Å². The average Bonchev–Trinajstić information content (AvgIpc) is 3.75. The fourth-order valence-electron chi connectivity index (χ4n) is 4.10. The molecule has 184 valence electrons. The molecule has 34 heavy (non-hydrogen) atoms. The number of ether oxygens (including phenoxy) is 4. The van der Waals surface area contributed by atoms with Gasteiger partial charge < -0.3 is 18.9 Å². The second kappa shape index (κ2) is 12.4. The maximum atomic E-state index is 11.5. The molecule has 4 unspecified atom stereocenters. The van der Waals surface area contributed by atoms with E-state index in [1.165, 1.54) is 11.1 Å². The van der Waals surface area contributed by atoms with Gasteiger partial charge in [-0.1, -0.05) is 24.3 Å². The van der Waals surface area contributed by atoms with Gasteiger partial charge in [-0.3, -0.25) is 9.59 Å². The third-order valence-corrected chi connectivity index (χ3v) is 6.00. The van der Waals surface area contributed by atoms with Crippen molar-refractivity contribution in [3.63, 3.8) is 0 Å². The molecule has 2 aromatic carbocycles. The molecule has 2 aromatic rings. The third-order valence-electron chi connectivity index (χ3n) is 6.00. The zero-order valence-electron chi connectivity index (χ0n) is 20.6. The fourth-order valence-corrected chi connectivity index (χ4v) is 4.10. The molecule has 0 aliphatic heterocycles. The minimum atomic E-state index is -0.0635. The highest BCUT2D eigenvalue weighted by Crippen LogP contribution is 2.49. The van der Waals surface area contributed by atoms with Gasteiger partial charge in [-0.25, -0.2) is 0 Å². The summed E-state index contributed by atoms with van der Waals surface area (Å²) in [6.45, 7) is 9.88. The number of esters is 2. The van der Waals surface area contributed by atoms with Gasteiger partial charge in [0.25, 0.3) is 0 Å². The zero-order chi connectivity index (χ0) is 24.5. The van der Waals surface area contributed by atoms with E-state index in [1.54, 1.807) is 0 Å². The molecular weight excluding hydrogens is 432 g/mol. The van der Waals surface area contributed by atoms with Crippen molar-refractivity contribution >= 4 is 11.9 Å². The smallest absolute Gasteiger partial charge is 0.309 e. The van der Waals surface area contributed by atoms with Crippen LogP contribution in [0, 0.1) is 11.8 Å². The first kappa shape index (κ1) is 25.6. The van der Waals surface area contributed by atoms with Gasteiger partial charge in [-0.2, -0.15) is 0 Å². The second-order valence-electron chi connectivity index (χ2n) is 8.41. The molecule has 4 rings (SSSR count). The number of hydrogen-bond donors (Lipinski definition) is 0. The van der Waals surface area contributed by atoms with Crippen molar-refractivity contribution < 1.29 is 28.5 Å². The lowest BCUT2D eigenvalue weighted by atomic mass is 10.1. The normalized spacial score (nSPS) is 22.0. The number of carbonyl (C=O) groups is 2. The Kier molecular flexibility index (Phi) is 9.37. The molecule has 0 spiro atoms. The van der Waals surface area contributed by atoms with Crippen LogP contribution in [0.2, 0.25) is 0 Å². The van der Waals surface area contributed by atoms with Gasteiger partial charge in [0.05, 0.1) is 38.3 Å². The van der Waals surface area contributed by atoms with E-state index in [2.05, 4.69) is 0 Å². The molecule has 0 aromatic heterocycles. The van der Waals surface area contributed by atoms with Crippen LogP contribution in [0.15, 0.2) is 48.5 Å². The lowest BCUT2D eigenvalue weighted by Gasteiger charge is -2.04. The Balaban J connectivity index is 0.000000191. The molecule has 2 aliphatic rings. The molecule has 0 bridgehead atoms. The Morgan fingerprint density at radius 1 is 0.618 bits per heavy atom. The van der Waals surface area contributed by atoms with E-state index in [0.29, 0.717) is 38.3 Å². The van der Waals surface area contributed by atoms with Crippen LogP contribution in [-0.4, -0.2) is 38.4 Å². The van der Waals surface area contributed by atoms with Crippen LogP contribution in [0.25, 0.3) is 0 Å². The predicted molar refractivity (Wildman–Crippen MR) is 130 cm³/mol. The standard InChI is InChI=1S/2C14H18O3/c2*1-3-16-11-7-5-10(6-8-11)12-9-13(12)14(15)17-4-2/h2*5-8,12-13H,3-4,9H2,1-2H3. The lowest BCUT2D eigenvalue weighted by Crippen LogP contribution is -2.07. The summed E-state index contributed by atoms with van der Waals surface area (Å²) in [6.07, 6.45) is 1.82. The van der Waals surface area contributed by atoms with Gasteiger partial charge in [0.2, 0.25) is 0 Å². The second-order valence-corrected chi connectivity index (χ2v) is 8.41. The highest BCUT2D eigenvalue weighted by molar-refractivity contribution is 5.77. The largest absolute Gasteiger partial charge is 0.494 e. The minimum Gasteiger partial charge on any atom is -0.494 e. The van der Waals surface area contributed by atoms with Crippen LogP contribution in [0.5, 0.6) is 11.5 Å². The maximum Gasteiger partial charge on any atom is 0.309 e. The van der Waals surface area contributed by atoms with Crippen molar-refractivity contribution in [2.75, 3.05) is 26.4 Å². The summed E-state index contributed by atoms with van der Waals surface area (Å²) in [5.74, 6) is 2.43. The molecular formula is C28H36O6. The summed E-state index contributed by atoms with van der Waals surface area (Å²) in [7, 11) is 0. The van der Waals surface area contributed by atoms with Crippen LogP contribution in [0.1, 0.15) is 63.5 Å². The van der Waals surface area contributed by atoms with Gasteiger partial charge in [-0.05, 0) is 87.8 Å². The van der Waals surface area contributed by atoms with Gasteiger partial charge in [-0.15, -0.1) is 0 Å². The zero-order valence-corrected chi connectivity index (χ0v) is 20.6. The average molecular weight is 469 g/mol. The molecule has 6 heteroatoms. The first-order valence-corrected chi connectivity index (χ1v) is 12.3. The maximum absolute atomic E-state index is 11.5. The monoisotopic (exact) mass is 468 g/mol. The fraction of sp³-hybridized carbons (Fsp3) is 0.500. The molecule has 4 atom stereocenters. The summed E-state index contributed by atoms with van der Waals surface area (Å²) in [5.41, 5.74) is 2.40. The Bertz CT molecular complexity index is 843. The van der Waals surface area contributed by atoms with Crippen LogP contribution >= 0.6 is 0 Å². The third kappa shape index (κ3) is 6.99. The summed E-state index contributed by atoms with van der Waals surface area (Å²) < 4.78 is 20.8. The molecule has 0 heterocycles. The number of benzene rings is 2. The molecule has 2 fully saturated rings. The molecule has 0 saturated heterocycles. The van der Waals surface area contributed by atoms with Crippen molar-refractivity contribution in [3.8, 4) is 11.5 Å². The molecule has 0 amide bonds. The topological polar surface area (TPSA) is 71.1 Å². The van der Waals surface area contributed by atoms with E-state index in [4.69, 9.17) is 18.9 Å². The van der Waals surface area contributed by atoms with E-state index in [-0.39, 0.29) is 23.8 Å². The van der Waals surface area contributed by atoms with Gasteiger partial charge in [0.15, 0.2) is 0 Å². The lowest BCUT2D eigenvalue weighted by molar-refractivity contribution is -0.145. The van der Waals surface area contributed by atoms with Crippen molar-refractivity contribution in [2.24, 2.45) is 11.8 Å². The first-order valence-electron chi connectivity index (χ1n) is 12.3. The molecule has 0 N–H and O–H groups in total. The highest BCUT2D eigenvalue weighted by Gasteiger charge is 2.45. The summed E-state index contributed by atoms with van der Waals surface area (Å²) >= 11 is 0. The molecule has 6 nitrogen and oxygen atoms in total. The van der Waals surface area contributed by atoms with Crippen molar-refractivity contribution in [3.05, 3.63) is 59.7 Å². The van der Waals surface area contributed by atoms with Crippen molar-refractivity contribution in [2.45, 2.75) is 52.4 Å². The summed E-state index contributed by atoms with van der Waals surface area (Å²) in [6, 6.07) is 16.0. The SMILES string of the molecule is CCOC(=O)C1CC1c1ccc(OCC)cc1.CCOC(=O)C1CC1c1ccc(OCC)cc1. The van der Waals surface area contributed by atoms with E-state index in [9.17, 15) is 9.59 Å². The van der Waals surface area contributed by atoms with Gasteiger partial charge in [0.1, 0.15) is 11.5 Å². The highest BCUT2D eigenvalue weighted by atomic mass is 16.5. The Morgan fingerprint density at radius 3 is 1.26 bits per heavy atom. The van der Waals surface area contributed by atoms with Crippen LogP contribution in [0.3, 0.4) is 0 Å². The van der Waals surface area contributed by atoms with E-state index >= 15 is 0 Å². The van der Waals surface area contributed by atoms with Crippen LogP contribution < -0.4 is 9.47 Å². The van der Waals surface area contributed by atoms with Crippen molar-refractivity contribution in [1.29, 1.82) is 0 Å². The minimum absolute atomic E-state index is 0.0629. The molecule has 2 aliphatic carbocycles. The summed E-state index contributed by atoms with van der Waals surface area (Å²) in [5, 5.41) is 0. The Labute approximate surface area is 202 Å². The number of hydrogen-bond acceptors (Lipinski definition) is 6. The summed E-state index contributed by atoms with van der Waals surface area (Å²) in [4.78, 5) is 23.0. The number of carbonyl (C=O) groups excluding carboxylic acids is 2. The first-order chi connectivity index (χ1) is 16.5. The molecule has 2 saturated carbocycles. The van der Waals surface area contributed by atoms with E-state index in [1.807, 2.05) is 76.2 Å². The quantitative estimate of drug-likeness (QED) is 0.429. The van der Waals surface area contributed by atoms with Crippen LogP contribution in [0.4, 0.5) is 0 Å².